The SMILES string of the molecule is COc1ccc(-n2cccc2/C=N/NC(=O)Nc2ccc(Br)c(C)c2)cc1. The Kier molecular flexibility index (Phi) is 5.93. The van der Waals surface area contributed by atoms with Crippen LogP contribution in [0.5, 0.6) is 5.75 Å². The number of nitrogens with one attached hydrogen (secondary N) is 2. The first-order chi connectivity index (χ1) is 13.1. The standard InChI is InChI=1S/C20H19BrN4O2/c1-14-12-15(5-10-19(14)21)23-20(26)24-22-13-17-4-3-11-25(17)16-6-8-18(27-2)9-7-16/h3-13H,1-2H3,(H2,23,24,26)/b22-13+. The fraction of sp³-hybridized carbons (Fsp3) is 0.100. The van der Waals surface area contributed by atoms with Crippen LogP contribution in [0, 0.1) is 6.92 Å². The molecular formula is C20H19BrN4O2. The highest BCUT2D eigenvalue weighted by molar-refractivity contribution is 9.10. The number of halogens is 1. The molecule has 2 N–H and O–H groups in total. The highest BCUT2D eigenvalue weighted by Gasteiger charge is 2.04. The zero-order valence-corrected chi connectivity index (χ0v) is 16.5. The summed E-state index contributed by atoms with van der Waals surface area (Å²) in [6.45, 7) is 1.96. The van der Waals surface area contributed by atoms with Crippen LogP contribution in [0.3, 0.4) is 0 Å². The van der Waals surface area contributed by atoms with Crippen molar-refractivity contribution in [2.75, 3.05) is 12.4 Å². The molecule has 0 fully saturated rings. The number of hydrogen-bond acceptors (Lipinski definition) is 3. The molecule has 1 heterocycles. The number of methoxy groups -OCH3 is 1. The Balaban J connectivity index is 1.63. The van der Waals surface area contributed by atoms with Gasteiger partial charge in [-0.2, -0.15) is 5.10 Å². The van der Waals surface area contributed by atoms with Gasteiger partial charge in [0.2, 0.25) is 0 Å². The smallest absolute Gasteiger partial charge is 0.339 e. The van der Waals surface area contributed by atoms with E-state index in [0.29, 0.717) is 5.69 Å². The topological polar surface area (TPSA) is 67.6 Å². The third-order valence-corrected chi connectivity index (χ3v) is 4.80. The van der Waals surface area contributed by atoms with E-state index >= 15 is 0 Å². The molecule has 0 saturated heterocycles. The number of rotatable bonds is 5. The number of carbonyl (C=O) groups excluding carboxylic acids is 1. The van der Waals surface area contributed by atoms with Gasteiger partial charge in [0, 0.05) is 22.0 Å². The van der Waals surface area contributed by atoms with Gasteiger partial charge in [0.1, 0.15) is 5.75 Å². The predicted octanol–water partition coefficient (Wildman–Crippen LogP) is 4.71. The van der Waals surface area contributed by atoms with Gasteiger partial charge in [0.25, 0.3) is 0 Å². The van der Waals surface area contributed by atoms with Crippen LogP contribution in [-0.4, -0.2) is 23.9 Å². The molecule has 3 aromatic rings. The first-order valence-corrected chi connectivity index (χ1v) is 9.04. The largest absolute Gasteiger partial charge is 0.497 e. The zero-order chi connectivity index (χ0) is 19.2. The summed E-state index contributed by atoms with van der Waals surface area (Å²) in [6, 6.07) is 16.7. The Morgan fingerprint density at radius 2 is 1.96 bits per heavy atom. The van der Waals surface area contributed by atoms with Crippen molar-refractivity contribution in [2.24, 2.45) is 5.10 Å². The number of nitrogens with zero attached hydrogens (tertiary/aromatic N) is 2. The van der Waals surface area contributed by atoms with Crippen LogP contribution in [0.25, 0.3) is 5.69 Å². The number of amides is 2. The van der Waals surface area contributed by atoms with E-state index in [4.69, 9.17) is 4.74 Å². The van der Waals surface area contributed by atoms with Gasteiger partial charge in [-0.15, -0.1) is 0 Å². The molecule has 0 saturated carbocycles. The van der Waals surface area contributed by atoms with Crippen molar-refractivity contribution >= 4 is 33.9 Å². The van der Waals surface area contributed by atoms with Crippen molar-refractivity contribution in [2.45, 2.75) is 6.92 Å². The van der Waals surface area contributed by atoms with Crippen LogP contribution in [-0.2, 0) is 0 Å². The molecule has 0 spiro atoms. The van der Waals surface area contributed by atoms with Gasteiger partial charge in [-0.05, 0) is 67.1 Å². The maximum absolute atomic E-state index is 12.0. The fourth-order valence-electron chi connectivity index (χ4n) is 2.52. The normalized spacial score (nSPS) is 10.8. The van der Waals surface area contributed by atoms with Crippen molar-refractivity contribution in [3.05, 3.63) is 76.5 Å². The third-order valence-electron chi connectivity index (χ3n) is 3.91. The third kappa shape index (κ3) is 4.77. The van der Waals surface area contributed by atoms with E-state index in [9.17, 15) is 4.79 Å². The van der Waals surface area contributed by atoms with Gasteiger partial charge in [-0.1, -0.05) is 15.9 Å². The van der Waals surface area contributed by atoms with Crippen molar-refractivity contribution in [1.29, 1.82) is 0 Å². The Hall–Kier alpha value is -3.06. The highest BCUT2D eigenvalue weighted by Crippen LogP contribution is 2.20. The predicted molar refractivity (Wildman–Crippen MR) is 111 cm³/mol. The zero-order valence-electron chi connectivity index (χ0n) is 14.9. The minimum Gasteiger partial charge on any atom is -0.497 e. The molecule has 2 amide bonds. The molecule has 7 heteroatoms. The molecule has 0 atom stereocenters. The van der Waals surface area contributed by atoms with Crippen molar-refractivity contribution in [1.82, 2.24) is 9.99 Å². The Bertz CT molecular complexity index is 964. The minimum absolute atomic E-state index is 0.407. The van der Waals surface area contributed by atoms with Gasteiger partial charge in [-0.25, -0.2) is 10.2 Å². The van der Waals surface area contributed by atoms with Crippen LogP contribution >= 0.6 is 15.9 Å². The van der Waals surface area contributed by atoms with Crippen LogP contribution in [0.4, 0.5) is 10.5 Å². The molecule has 1 aromatic heterocycles. The quantitative estimate of drug-likeness (QED) is 0.458. The summed E-state index contributed by atoms with van der Waals surface area (Å²) in [7, 11) is 1.63. The second-order valence-corrected chi connectivity index (χ2v) is 6.64. The van der Waals surface area contributed by atoms with Gasteiger partial charge < -0.3 is 14.6 Å². The summed E-state index contributed by atoms with van der Waals surface area (Å²) in [5.74, 6) is 0.794. The summed E-state index contributed by atoms with van der Waals surface area (Å²) in [5.41, 5.74) is 6.01. The highest BCUT2D eigenvalue weighted by atomic mass is 79.9. The minimum atomic E-state index is -0.407. The number of carbonyl (C=O) groups is 1. The molecule has 0 aliphatic heterocycles. The molecule has 27 heavy (non-hydrogen) atoms. The number of benzene rings is 2. The summed E-state index contributed by atoms with van der Waals surface area (Å²) < 4.78 is 8.13. The Morgan fingerprint density at radius 3 is 2.67 bits per heavy atom. The average Bonchev–Trinajstić information content (AvgIpc) is 3.13. The maximum Gasteiger partial charge on any atom is 0.339 e. The van der Waals surface area contributed by atoms with Crippen LogP contribution in [0.2, 0.25) is 0 Å². The molecular weight excluding hydrogens is 408 g/mol. The van der Waals surface area contributed by atoms with Gasteiger partial charge >= 0.3 is 6.03 Å². The number of aromatic nitrogens is 1. The Labute approximate surface area is 166 Å². The van der Waals surface area contributed by atoms with Crippen molar-refractivity contribution in [3.63, 3.8) is 0 Å². The van der Waals surface area contributed by atoms with Crippen LogP contribution in [0.1, 0.15) is 11.3 Å². The van der Waals surface area contributed by atoms with Crippen molar-refractivity contribution in [3.8, 4) is 11.4 Å². The number of hydrazone groups is 1. The number of ether oxygens (including phenoxy) is 1. The lowest BCUT2D eigenvalue weighted by Gasteiger charge is -2.08. The molecule has 0 radical (unpaired) electrons. The summed E-state index contributed by atoms with van der Waals surface area (Å²) in [4.78, 5) is 12.0. The summed E-state index contributed by atoms with van der Waals surface area (Å²) in [5, 5.41) is 6.77. The number of aryl methyl sites for hydroxylation is 1. The summed E-state index contributed by atoms with van der Waals surface area (Å²) >= 11 is 3.43. The lowest BCUT2D eigenvalue weighted by atomic mass is 10.2. The molecule has 0 unspecified atom stereocenters. The van der Waals surface area contributed by atoms with E-state index in [1.165, 1.54) is 0 Å². The van der Waals surface area contributed by atoms with Gasteiger partial charge in [-0.3, -0.25) is 0 Å². The van der Waals surface area contributed by atoms with E-state index in [2.05, 4.69) is 31.8 Å². The van der Waals surface area contributed by atoms with E-state index in [0.717, 1.165) is 27.2 Å². The van der Waals surface area contributed by atoms with E-state index in [1.807, 2.05) is 72.3 Å². The van der Waals surface area contributed by atoms with Crippen LogP contribution in [0.15, 0.2) is 70.4 Å². The average molecular weight is 427 g/mol. The lowest BCUT2D eigenvalue weighted by Crippen LogP contribution is -2.24. The molecule has 2 aromatic carbocycles. The van der Waals surface area contributed by atoms with E-state index in [1.54, 1.807) is 13.3 Å². The number of hydrogen-bond donors (Lipinski definition) is 2. The van der Waals surface area contributed by atoms with E-state index < -0.39 is 6.03 Å². The monoisotopic (exact) mass is 426 g/mol. The molecule has 138 valence electrons. The second-order valence-electron chi connectivity index (χ2n) is 5.79. The molecule has 6 nitrogen and oxygen atoms in total. The van der Waals surface area contributed by atoms with Crippen LogP contribution < -0.4 is 15.5 Å². The second kappa shape index (κ2) is 8.55. The fourth-order valence-corrected chi connectivity index (χ4v) is 2.76. The molecule has 0 aliphatic rings. The summed E-state index contributed by atoms with van der Waals surface area (Å²) in [6.07, 6.45) is 3.52. The van der Waals surface area contributed by atoms with Gasteiger partial charge in [0.15, 0.2) is 0 Å². The van der Waals surface area contributed by atoms with Gasteiger partial charge in [0.05, 0.1) is 19.0 Å². The van der Waals surface area contributed by atoms with Crippen molar-refractivity contribution < 1.29 is 9.53 Å². The lowest BCUT2D eigenvalue weighted by molar-refractivity contribution is 0.252. The molecule has 0 aliphatic carbocycles. The first-order valence-electron chi connectivity index (χ1n) is 8.25. The number of anilines is 1. The Morgan fingerprint density at radius 1 is 1.19 bits per heavy atom. The van der Waals surface area contributed by atoms with E-state index in [-0.39, 0.29) is 0 Å². The molecule has 0 bridgehead atoms. The molecule has 3 rings (SSSR count). The number of urea groups is 1. The first kappa shape index (κ1) is 18.7. The maximum atomic E-state index is 12.0.